The Labute approximate surface area is 120 Å². The normalized spacial score (nSPS) is 18.5. The van der Waals surface area contributed by atoms with Crippen LogP contribution in [0.4, 0.5) is 0 Å². The molecule has 2 rings (SSSR count). The zero-order chi connectivity index (χ0) is 14.0. The second-order valence-electron chi connectivity index (χ2n) is 4.38. The monoisotopic (exact) mass is 329 g/mol. The molecule has 0 saturated carbocycles. The van der Waals surface area contributed by atoms with Crippen LogP contribution < -0.4 is 9.47 Å². The molecule has 1 saturated heterocycles. The van der Waals surface area contributed by atoms with Gasteiger partial charge >= 0.3 is 0 Å². The van der Waals surface area contributed by atoms with Gasteiger partial charge in [-0.25, -0.2) is 0 Å². The summed E-state index contributed by atoms with van der Waals surface area (Å²) in [6, 6.07) is 3.39. The number of aliphatic hydroxyl groups is 1. The molecular weight excluding hydrogens is 314 g/mol. The average Bonchev–Trinajstić information content (AvgIpc) is 2.83. The van der Waals surface area contributed by atoms with Gasteiger partial charge in [-0.15, -0.1) is 0 Å². The van der Waals surface area contributed by atoms with Gasteiger partial charge in [0.2, 0.25) is 0 Å². The molecule has 1 N–H and O–H groups in total. The summed E-state index contributed by atoms with van der Waals surface area (Å²) in [4.78, 5) is 14.1. The maximum atomic E-state index is 12.5. The van der Waals surface area contributed by atoms with Crippen molar-refractivity contribution in [3.8, 4) is 11.5 Å². The minimum Gasteiger partial charge on any atom is -0.497 e. The number of likely N-dealkylation sites (tertiary alicyclic amines) is 1. The van der Waals surface area contributed by atoms with Gasteiger partial charge in [0.05, 0.1) is 30.4 Å². The maximum Gasteiger partial charge on any atom is 0.257 e. The van der Waals surface area contributed by atoms with E-state index in [-0.39, 0.29) is 5.91 Å². The molecule has 1 atom stereocenters. The van der Waals surface area contributed by atoms with Crippen molar-refractivity contribution in [2.24, 2.45) is 0 Å². The van der Waals surface area contributed by atoms with Crippen LogP contribution >= 0.6 is 15.9 Å². The number of halogens is 1. The first-order valence-electron chi connectivity index (χ1n) is 5.95. The summed E-state index contributed by atoms with van der Waals surface area (Å²) in [6.45, 7) is 0.912. The predicted octanol–water partition coefficient (Wildman–Crippen LogP) is 1.67. The third-order valence-electron chi connectivity index (χ3n) is 3.14. The first-order valence-corrected chi connectivity index (χ1v) is 6.75. The molecule has 5 nitrogen and oxygen atoms in total. The number of hydrogen-bond donors (Lipinski definition) is 1. The maximum absolute atomic E-state index is 12.5. The van der Waals surface area contributed by atoms with Crippen molar-refractivity contribution in [3.05, 3.63) is 22.2 Å². The Hall–Kier alpha value is -1.27. The van der Waals surface area contributed by atoms with Crippen molar-refractivity contribution in [2.75, 3.05) is 27.3 Å². The average molecular weight is 330 g/mol. The van der Waals surface area contributed by atoms with Gasteiger partial charge in [0.1, 0.15) is 11.5 Å². The van der Waals surface area contributed by atoms with E-state index in [1.807, 2.05) is 0 Å². The lowest BCUT2D eigenvalue weighted by atomic mass is 10.1. The number of β-amino-alcohol motifs (C(OH)–C–C–N with tert-alkyl or cyclic N) is 1. The van der Waals surface area contributed by atoms with Crippen LogP contribution in [-0.2, 0) is 0 Å². The number of hydrogen-bond acceptors (Lipinski definition) is 4. The molecule has 1 aromatic rings. The highest BCUT2D eigenvalue weighted by atomic mass is 79.9. The molecule has 1 fully saturated rings. The lowest BCUT2D eigenvalue weighted by Gasteiger charge is -2.18. The van der Waals surface area contributed by atoms with Crippen LogP contribution in [0, 0.1) is 0 Å². The molecule has 1 heterocycles. The highest BCUT2D eigenvalue weighted by molar-refractivity contribution is 9.10. The Bertz CT molecular complexity index is 492. The van der Waals surface area contributed by atoms with Crippen molar-refractivity contribution >= 4 is 21.8 Å². The molecule has 1 amide bonds. The summed E-state index contributed by atoms with van der Waals surface area (Å²) in [5.41, 5.74) is 0.433. The molecule has 0 radical (unpaired) electrons. The Morgan fingerprint density at radius 2 is 2.16 bits per heavy atom. The standard InChI is InChI=1S/C13H16BrNO4/c1-18-9-5-10(12(19-2)11(14)6-9)13(17)15-4-3-8(16)7-15/h5-6,8,16H,3-4,7H2,1-2H3/t8-/m0/s1. The Morgan fingerprint density at radius 3 is 2.68 bits per heavy atom. The Balaban J connectivity index is 2.37. The predicted molar refractivity (Wildman–Crippen MR) is 73.8 cm³/mol. The summed E-state index contributed by atoms with van der Waals surface area (Å²) in [7, 11) is 3.06. The van der Waals surface area contributed by atoms with E-state index in [0.717, 1.165) is 0 Å². The number of amides is 1. The number of aliphatic hydroxyl groups excluding tert-OH is 1. The molecule has 0 aliphatic carbocycles. The fourth-order valence-electron chi connectivity index (χ4n) is 2.15. The number of carbonyl (C=O) groups excluding carboxylic acids is 1. The van der Waals surface area contributed by atoms with Gasteiger partial charge in [-0.2, -0.15) is 0 Å². The largest absolute Gasteiger partial charge is 0.497 e. The van der Waals surface area contributed by atoms with Gasteiger partial charge in [0.25, 0.3) is 5.91 Å². The van der Waals surface area contributed by atoms with Crippen molar-refractivity contribution in [1.82, 2.24) is 4.90 Å². The van der Waals surface area contributed by atoms with E-state index in [1.54, 1.807) is 24.1 Å². The molecule has 6 heteroatoms. The fourth-order valence-corrected chi connectivity index (χ4v) is 2.75. The second kappa shape index (κ2) is 5.79. The van der Waals surface area contributed by atoms with Crippen LogP contribution in [-0.4, -0.2) is 49.3 Å². The first-order chi connectivity index (χ1) is 9.06. The minimum absolute atomic E-state index is 0.159. The van der Waals surface area contributed by atoms with E-state index in [1.165, 1.54) is 7.11 Å². The van der Waals surface area contributed by atoms with Crippen LogP contribution in [0.25, 0.3) is 0 Å². The van der Waals surface area contributed by atoms with Crippen molar-refractivity contribution in [2.45, 2.75) is 12.5 Å². The highest BCUT2D eigenvalue weighted by Gasteiger charge is 2.28. The van der Waals surface area contributed by atoms with Gasteiger partial charge in [0, 0.05) is 13.1 Å². The molecule has 0 aromatic heterocycles. The van der Waals surface area contributed by atoms with Crippen LogP contribution in [0.1, 0.15) is 16.8 Å². The smallest absolute Gasteiger partial charge is 0.257 e. The van der Waals surface area contributed by atoms with E-state index in [0.29, 0.717) is 41.0 Å². The molecule has 1 aliphatic heterocycles. The fraction of sp³-hybridized carbons (Fsp3) is 0.462. The van der Waals surface area contributed by atoms with E-state index in [4.69, 9.17) is 9.47 Å². The van der Waals surface area contributed by atoms with Gasteiger partial charge in [-0.05, 0) is 34.5 Å². The first kappa shape index (κ1) is 14.1. The van der Waals surface area contributed by atoms with Gasteiger partial charge in [-0.1, -0.05) is 0 Å². The third-order valence-corrected chi connectivity index (χ3v) is 3.73. The van der Waals surface area contributed by atoms with Crippen molar-refractivity contribution < 1.29 is 19.4 Å². The molecular formula is C13H16BrNO4. The van der Waals surface area contributed by atoms with Crippen LogP contribution in [0.3, 0.4) is 0 Å². The Morgan fingerprint density at radius 1 is 1.42 bits per heavy atom. The van der Waals surface area contributed by atoms with Gasteiger partial charge < -0.3 is 19.5 Å². The molecule has 1 aliphatic rings. The number of methoxy groups -OCH3 is 2. The summed E-state index contributed by atoms with van der Waals surface area (Å²) in [5.74, 6) is 0.899. The molecule has 104 valence electrons. The van der Waals surface area contributed by atoms with Gasteiger partial charge in [-0.3, -0.25) is 4.79 Å². The lowest BCUT2D eigenvalue weighted by molar-refractivity contribution is 0.0761. The van der Waals surface area contributed by atoms with Gasteiger partial charge in [0.15, 0.2) is 0 Å². The number of benzene rings is 1. The number of ether oxygens (including phenoxy) is 2. The molecule has 1 aromatic carbocycles. The number of nitrogens with zero attached hydrogens (tertiary/aromatic N) is 1. The lowest BCUT2D eigenvalue weighted by Crippen LogP contribution is -2.29. The zero-order valence-electron chi connectivity index (χ0n) is 10.9. The van der Waals surface area contributed by atoms with Crippen LogP contribution in [0.5, 0.6) is 11.5 Å². The summed E-state index contributed by atoms with van der Waals surface area (Å²) < 4.78 is 11.1. The Kier molecular flexibility index (Phi) is 4.31. The molecule has 0 bridgehead atoms. The number of carbonyl (C=O) groups is 1. The van der Waals surface area contributed by atoms with E-state index in [2.05, 4.69) is 15.9 Å². The summed E-state index contributed by atoms with van der Waals surface area (Å²) in [5, 5.41) is 9.52. The topological polar surface area (TPSA) is 59.0 Å². The number of rotatable bonds is 3. The third kappa shape index (κ3) is 2.84. The summed E-state index contributed by atoms with van der Waals surface area (Å²) in [6.07, 6.45) is 0.170. The SMILES string of the molecule is COc1cc(Br)c(OC)c(C(=O)N2CC[C@H](O)C2)c1. The quantitative estimate of drug-likeness (QED) is 0.916. The van der Waals surface area contributed by atoms with E-state index < -0.39 is 6.10 Å². The zero-order valence-corrected chi connectivity index (χ0v) is 12.4. The van der Waals surface area contributed by atoms with Crippen LogP contribution in [0.15, 0.2) is 16.6 Å². The molecule has 19 heavy (non-hydrogen) atoms. The second-order valence-corrected chi connectivity index (χ2v) is 5.24. The summed E-state index contributed by atoms with van der Waals surface area (Å²) >= 11 is 3.36. The minimum atomic E-state index is -0.441. The van der Waals surface area contributed by atoms with Crippen LogP contribution in [0.2, 0.25) is 0 Å². The van der Waals surface area contributed by atoms with E-state index in [9.17, 15) is 9.90 Å². The molecule has 0 unspecified atom stereocenters. The van der Waals surface area contributed by atoms with Crippen molar-refractivity contribution in [3.63, 3.8) is 0 Å². The molecule has 0 spiro atoms. The van der Waals surface area contributed by atoms with Crippen molar-refractivity contribution in [1.29, 1.82) is 0 Å². The highest BCUT2D eigenvalue weighted by Crippen LogP contribution is 2.34. The van der Waals surface area contributed by atoms with E-state index >= 15 is 0 Å².